The first-order valence-corrected chi connectivity index (χ1v) is 13.8. The lowest BCUT2D eigenvalue weighted by Crippen LogP contribution is -2.26. The fourth-order valence-corrected chi connectivity index (χ4v) is 4.66. The van der Waals surface area contributed by atoms with Crippen LogP contribution in [0.2, 0.25) is 0 Å². The van der Waals surface area contributed by atoms with E-state index in [1.807, 2.05) is 54.6 Å². The van der Waals surface area contributed by atoms with Gasteiger partial charge in [0.1, 0.15) is 11.6 Å². The van der Waals surface area contributed by atoms with Crippen molar-refractivity contribution >= 4 is 16.9 Å². The highest BCUT2D eigenvalue weighted by Gasteiger charge is 2.11. The number of unbranched alkanes of at least 4 members (excludes halogenated alkanes) is 3. The molecule has 0 fully saturated rings. The van der Waals surface area contributed by atoms with Crippen LogP contribution in [0.4, 0.5) is 0 Å². The molecule has 206 valence electrons. The molecule has 0 atom stereocenters. The van der Waals surface area contributed by atoms with E-state index < -0.39 is 0 Å². The SMILES string of the molecule is COc1ccc(CC(=O)NCCCCCc2nc3ccccc3n2CCCCOc2ccccc2OC)cc1. The number of rotatable bonds is 16. The zero-order chi connectivity index (χ0) is 27.3. The van der Waals surface area contributed by atoms with E-state index in [2.05, 4.69) is 28.1 Å². The van der Waals surface area contributed by atoms with Gasteiger partial charge in [-0.15, -0.1) is 0 Å². The van der Waals surface area contributed by atoms with Gasteiger partial charge in [-0.1, -0.05) is 42.8 Å². The fraction of sp³-hybridized carbons (Fsp3) is 0.375. The summed E-state index contributed by atoms with van der Waals surface area (Å²) in [5.41, 5.74) is 3.21. The summed E-state index contributed by atoms with van der Waals surface area (Å²) in [6, 6.07) is 23.7. The Morgan fingerprint density at radius 3 is 2.38 bits per heavy atom. The lowest BCUT2D eigenvalue weighted by atomic mass is 10.1. The summed E-state index contributed by atoms with van der Waals surface area (Å²) in [5.74, 6) is 3.52. The minimum Gasteiger partial charge on any atom is -0.497 e. The molecule has 0 aliphatic heterocycles. The number of nitrogens with one attached hydrogen (secondary N) is 1. The van der Waals surface area contributed by atoms with Gasteiger partial charge in [-0.25, -0.2) is 4.98 Å². The second-order valence-electron chi connectivity index (χ2n) is 9.56. The summed E-state index contributed by atoms with van der Waals surface area (Å²) in [6.45, 7) is 2.25. The van der Waals surface area contributed by atoms with Crippen molar-refractivity contribution in [2.24, 2.45) is 0 Å². The number of benzene rings is 3. The molecular weight excluding hydrogens is 490 g/mol. The third kappa shape index (κ3) is 8.24. The number of ether oxygens (including phenoxy) is 3. The van der Waals surface area contributed by atoms with E-state index in [9.17, 15) is 4.79 Å². The standard InChI is InChI=1S/C32H39N3O4/c1-37-26-19-17-25(18-20-26)24-32(36)33-21-9-3-4-16-31-34-27-12-5-6-13-28(27)35(31)22-10-11-23-39-30-15-8-7-14-29(30)38-2/h5-8,12-15,17-20H,3-4,9-11,16,21-24H2,1-2H3,(H,33,36). The largest absolute Gasteiger partial charge is 0.497 e. The number of imidazole rings is 1. The van der Waals surface area contributed by atoms with Crippen LogP contribution >= 0.6 is 0 Å². The Labute approximate surface area is 231 Å². The number of carbonyl (C=O) groups excluding carboxylic acids is 1. The maximum Gasteiger partial charge on any atom is 0.224 e. The van der Waals surface area contributed by atoms with Gasteiger partial charge in [0.05, 0.1) is 38.3 Å². The first kappa shape index (κ1) is 28.0. The van der Waals surface area contributed by atoms with Crippen molar-refractivity contribution in [3.05, 3.63) is 84.2 Å². The molecule has 0 unspecified atom stereocenters. The van der Waals surface area contributed by atoms with Crippen molar-refractivity contribution in [2.45, 2.75) is 51.5 Å². The highest BCUT2D eigenvalue weighted by Crippen LogP contribution is 2.26. The van der Waals surface area contributed by atoms with Gasteiger partial charge in [-0.3, -0.25) is 4.79 Å². The normalized spacial score (nSPS) is 10.9. The Balaban J connectivity index is 1.19. The van der Waals surface area contributed by atoms with Crippen molar-refractivity contribution in [3.8, 4) is 17.2 Å². The van der Waals surface area contributed by atoms with Gasteiger partial charge in [0.15, 0.2) is 11.5 Å². The van der Waals surface area contributed by atoms with Crippen LogP contribution in [0.25, 0.3) is 11.0 Å². The topological polar surface area (TPSA) is 74.6 Å². The van der Waals surface area contributed by atoms with Crippen LogP contribution in [0.5, 0.6) is 17.2 Å². The minimum atomic E-state index is 0.0525. The summed E-state index contributed by atoms with van der Waals surface area (Å²) >= 11 is 0. The maximum atomic E-state index is 12.3. The molecule has 1 aromatic heterocycles. The van der Waals surface area contributed by atoms with E-state index in [0.29, 0.717) is 19.6 Å². The lowest BCUT2D eigenvalue weighted by Gasteiger charge is -2.12. The number of hydrogen-bond acceptors (Lipinski definition) is 5. The first-order chi connectivity index (χ1) is 19.2. The van der Waals surface area contributed by atoms with Crippen molar-refractivity contribution in [1.82, 2.24) is 14.9 Å². The number of aromatic nitrogens is 2. The predicted octanol–water partition coefficient (Wildman–Crippen LogP) is 5.98. The average molecular weight is 530 g/mol. The lowest BCUT2D eigenvalue weighted by molar-refractivity contribution is -0.120. The smallest absolute Gasteiger partial charge is 0.224 e. The summed E-state index contributed by atoms with van der Waals surface area (Å²) in [7, 11) is 3.30. The van der Waals surface area contributed by atoms with Gasteiger partial charge in [0.2, 0.25) is 5.91 Å². The maximum absolute atomic E-state index is 12.3. The Bertz CT molecular complexity index is 1320. The predicted molar refractivity (Wildman–Crippen MR) is 155 cm³/mol. The van der Waals surface area contributed by atoms with E-state index in [1.165, 1.54) is 5.52 Å². The molecule has 7 heteroatoms. The molecule has 1 amide bonds. The van der Waals surface area contributed by atoms with Crippen LogP contribution < -0.4 is 19.5 Å². The summed E-state index contributed by atoms with van der Waals surface area (Å²) in [5, 5.41) is 3.04. The molecule has 4 aromatic rings. The molecule has 0 aliphatic carbocycles. The molecule has 0 bridgehead atoms. The van der Waals surface area contributed by atoms with Gasteiger partial charge in [-0.2, -0.15) is 0 Å². The second kappa shape index (κ2) is 14.8. The number of aryl methyl sites for hydroxylation is 2. The molecule has 0 radical (unpaired) electrons. The molecule has 4 rings (SSSR count). The molecule has 0 saturated heterocycles. The Morgan fingerprint density at radius 2 is 1.59 bits per heavy atom. The van der Waals surface area contributed by atoms with Gasteiger partial charge in [0, 0.05) is 19.5 Å². The number of fused-ring (bicyclic) bond motifs is 1. The van der Waals surface area contributed by atoms with E-state index in [1.54, 1.807) is 14.2 Å². The number of para-hydroxylation sites is 4. The number of methoxy groups -OCH3 is 2. The second-order valence-corrected chi connectivity index (χ2v) is 9.56. The fourth-order valence-electron chi connectivity index (χ4n) is 4.66. The van der Waals surface area contributed by atoms with E-state index >= 15 is 0 Å². The molecule has 7 nitrogen and oxygen atoms in total. The highest BCUT2D eigenvalue weighted by atomic mass is 16.5. The average Bonchev–Trinajstić information content (AvgIpc) is 3.32. The molecule has 1 N–H and O–H groups in total. The number of nitrogens with zero attached hydrogens (tertiary/aromatic N) is 2. The van der Waals surface area contributed by atoms with Gasteiger partial charge in [-0.05, 0) is 67.6 Å². The van der Waals surface area contributed by atoms with E-state index in [-0.39, 0.29) is 5.91 Å². The summed E-state index contributed by atoms with van der Waals surface area (Å²) in [4.78, 5) is 17.2. The molecular formula is C32H39N3O4. The molecule has 0 aliphatic rings. The van der Waals surface area contributed by atoms with Gasteiger partial charge < -0.3 is 24.1 Å². The van der Waals surface area contributed by atoms with E-state index in [4.69, 9.17) is 19.2 Å². The van der Waals surface area contributed by atoms with Crippen LogP contribution in [-0.4, -0.2) is 42.8 Å². The van der Waals surface area contributed by atoms with Crippen LogP contribution in [0.1, 0.15) is 43.5 Å². The molecule has 0 spiro atoms. The number of carbonyl (C=O) groups is 1. The van der Waals surface area contributed by atoms with Crippen molar-refractivity contribution < 1.29 is 19.0 Å². The zero-order valence-electron chi connectivity index (χ0n) is 23.0. The van der Waals surface area contributed by atoms with Crippen molar-refractivity contribution in [3.63, 3.8) is 0 Å². The van der Waals surface area contributed by atoms with Crippen LogP contribution in [0.15, 0.2) is 72.8 Å². The molecule has 3 aromatic carbocycles. The molecule has 39 heavy (non-hydrogen) atoms. The molecule has 0 saturated carbocycles. The van der Waals surface area contributed by atoms with Crippen LogP contribution in [-0.2, 0) is 24.2 Å². The number of hydrogen-bond donors (Lipinski definition) is 1. The third-order valence-electron chi connectivity index (χ3n) is 6.76. The Hall–Kier alpha value is -4.00. The van der Waals surface area contributed by atoms with Crippen molar-refractivity contribution in [2.75, 3.05) is 27.4 Å². The monoisotopic (exact) mass is 529 g/mol. The quantitative estimate of drug-likeness (QED) is 0.181. The minimum absolute atomic E-state index is 0.0525. The van der Waals surface area contributed by atoms with Crippen molar-refractivity contribution in [1.29, 1.82) is 0 Å². The highest BCUT2D eigenvalue weighted by molar-refractivity contribution is 5.78. The van der Waals surface area contributed by atoms with Crippen LogP contribution in [0.3, 0.4) is 0 Å². The van der Waals surface area contributed by atoms with Crippen LogP contribution in [0, 0.1) is 0 Å². The zero-order valence-corrected chi connectivity index (χ0v) is 23.0. The third-order valence-corrected chi connectivity index (χ3v) is 6.76. The Kier molecular flexibility index (Phi) is 10.6. The van der Waals surface area contributed by atoms with Gasteiger partial charge in [0.25, 0.3) is 0 Å². The number of amides is 1. The summed E-state index contributed by atoms with van der Waals surface area (Å²) < 4.78 is 18.8. The molecule has 1 heterocycles. The first-order valence-electron chi connectivity index (χ1n) is 13.8. The van der Waals surface area contributed by atoms with E-state index in [0.717, 1.165) is 79.2 Å². The van der Waals surface area contributed by atoms with Gasteiger partial charge >= 0.3 is 0 Å². The Morgan fingerprint density at radius 1 is 0.821 bits per heavy atom. The summed E-state index contributed by atoms with van der Waals surface area (Å²) in [6.07, 6.45) is 6.29.